The summed E-state index contributed by atoms with van der Waals surface area (Å²) in [6.45, 7) is 0. The fourth-order valence-electron chi connectivity index (χ4n) is 2.35. The number of sulfonamides is 1. The van der Waals surface area contributed by atoms with Gasteiger partial charge in [-0.3, -0.25) is 4.72 Å². The Bertz CT molecular complexity index is 906. The largest absolute Gasteiger partial charge is 0.280 e. The fourth-order valence-corrected chi connectivity index (χ4v) is 3.67. The summed E-state index contributed by atoms with van der Waals surface area (Å²) in [5.41, 5.74) is 2.91. The van der Waals surface area contributed by atoms with Crippen LogP contribution in [0, 0.1) is 0 Å². The van der Waals surface area contributed by atoms with Crippen LogP contribution < -0.4 is 4.72 Å². The molecule has 0 spiro atoms. The molecule has 5 heteroatoms. The Kier molecular flexibility index (Phi) is 5.02. The van der Waals surface area contributed by atoms with E-state index < -0.39 is 10.0 Å². The van der Waals surface area contributed by atoms with E-state index in [1.54, 1.807) is 36.4 Å². The van der Waals surface area contributed by atoms with E-state index in [-0.39, 0.29) is 4.90 Å². The SMILES string of the molecule is O=S(=O)(Nc1ccc(Cc2ccccc2)cc1)c1ccc(Br)cc1. The lowest BCUT2D eigenvalue weighted by molar-refractivity contribution is 0.601. The van der Waals surface area contributed by atoms with Crippen molar-refractivity contribution < 1.29 is 8.42 Å². The minimum absolute atomic E-state index is 0.235. The standard InChI is InChI=1S/C19H16BrNO2S/c20-17-8-12-19(13-9-17)24(22,23)21-18-10-6-16(7-11-18)14-15-4-2-1-3-5-15/h1-13,21H,14H2. The second-order valence-corrected chi connectivity index (χ2v) is 8.02. The molecule has 0 aromatic heterocycles. The number of hydrogen-bond donors (Lipinski definition) is 1. The summed E-state index contributed by atoms with van der Waals surface area (Å²) in [6.07, 6.45) is 0.820. The van der Waals surface area contributed by atoms with Crippen LogP contribution >= 0.6 is 15.9 Å². The van der Waals surface area contributed by atoms with Crippen molar-refractivity contribution in [2.45, 2.75) is 11.3 Å². The van der Waals surface area contributed by atoms with Gasteiger partial charge in [0.1, 0.15) is 0 Å². The van der Waals surface area contributed by atoms with Crippen molar-refractivity contribution in [3.63, 3.8) is 0 Å². The average molecular weight is 402 g/mol. The molecule has 24 heavy (non-hydrogen) atoms. The third-order valence-electron chi connectivity index (χ3n) is 3.58. The first kappa shape index (κ1) is 16.7. The number of benzene rings is 3. The predicted molar refractivity (Wildman–Crippen MR) is 101 cm³/mol. The van der Waals surface area contributed by atoms with Crippen LogP contribution in [0.15, 0.2) is 88.2 Å². The topological polar surface area (TPSA) is 46.2 Å². The van der Waals surface area contributed by atoms with Crippen molar-refractivity contribution in [1.82, 2.24) is 0 Å². The van der Waals surface area contributed by atoms with Crippen molar-refractivity contribution in [3.05, 3.63) is 94.5 Å². The van der Waals surface area contributed by atoms with Crippen LogP contribution in [0.4, 0.5) is 5.69 Å². The Hall–Kier alpha value is -2.11. The van der Waals surface area contributed by atoms with Gasteiger partial charge in [-0.1, -0.05) is 58.4 Å². The third kappa shape index (κ3) is 4.24. The Morgan fingerprint density at radius 1 is 0.750 bits per heavy atom. The van der Waals surface area contributed by atoms with Crippen LogP contribution in [0.5, 0.6) is 0 Å². The van der Waals surface area contributed by atoms with E-state index in [1.807, 2.05) is 30.3 Å². The van der Waals surface area contributed by atoms with Gasteiger partial charge in [0.15, 0.2) is 0 Å². The molecule has 3 nitrogen and oxygen atoms in total. The number of hydrogen-bond acceptors (Lipinski definition) is 2. The molecular weight excluding hydrogens is 386 g/mol. The van der Waals surface area contributed by atoms with Crippen molar-refractivity contribution in [3.8, 4) is 0 Å². The summed E-state index contributed by atoms with van der Waals surface area (Å²) < 4.78 is 28.2. The maximum Gasteiger partial charge on any atom is 0.261 e. The third-order valence-corrected chi connectivity index (χ3v) is 5.51. The van der Waals surface area contributed by atoms with Crippen LogP contribution in [-0.4, -0.2) is 8.42 Å². The van der Waals surface area contributed by atoms with Gasteiger partial charge >= 0.3 is 0 Å². The van der Waals surface area contributed by atoms with E-state index in [9.17, 15) is 8.42 Å². The monoisotopic (exact) mass is 401 g/mol. The fraction of sp³-hybridized carbons (Fsp3) is 0.0526. The zero-order chi connectivity index (χ0) is 17.0. The summed E-state index contributed by atoms with van der Waals surface area (Å²) in [7, 11) is -3.57. The lowest BCUT2D eigenvalue weighted by Crippen LogP contribution is -2.12. The van der Waals surface area contributed by atoms with E-state index in [0.29, 0.717) is 5.69 Å². The Morgan fingerprint density at radius 3 is 1.96 bits per heavy atom. The molecule has 122 valence electrons. The number of anilines is 1. The predicted octanol–water partition coefficient (Wildman–Crippen LogP) is 4.84. The second-order valence-electron chi connectivity index (χ2n) is 5.42. The number of halogens is 1. The molecule has 0 heterocycles. The average Bonchev–Trinajstić information content (AvgIpc) is 2.58. The molecule has 0 bridgehead atoms. The van der Waals surface area contributed by atoms with E-state index >= 15 is 0 Å². The lowest BCUT2D eigenvalue weighted by Gasteiger charge is -2.09. The van der Waals surface area contributed by atoms with Gasteiger partial charge in [-0.05, 0) is 53.9 Å². The molecule has 3 rings (SSSR count). The maximum atomic E-state index is 12.4. The minimum atomic E-state index is -3.57. The molecule has 0 aliphatic heterocycles. The molecule has 1 N–H and O–H groups in total. The molecule has 3 aromatic carbocycles. The molecule has 0 fully saturated rings. The van der Waals surface area contributed by atoms with Crippen LogP contribution in [0.1, 0.15) is 11.1 Å². The molecule has 0 aliphatic carbocycles. The molecule has 0 aliphatic rings. The first-order valence-electron chi connectivity index (χ1n) is 7.44. The Labute approximate surface area is 150 Å². The van der Waals surface area contributed by atoms with Gasteiger partial charge < -0.3 is 0 Å². The van der Waals surface area contributed by atoms with Crippen molar-refractivity contribution in [1.29, 1.82) is 0 Å². The van der Waals surface area contributed by atoms with Crippen LogP contribution in [0.2, 0.25) is 0 Å². The zero-order valence-corrected chi connectivity index (χ0v) is 15.2. The van der Waals surface area contributed by atoms with E-state index in [4.69, 9.17) is 0 Å². The summed E-state index contributed by atoms with van der Waals surface area (Å²) in [4.78, 5) is 0.235. The first-order valence-corrected chi connectivity index (χ1v) is 9.72. The second kappa shape index (κ2) is 7.20. The summed E-state index contributed by atoms with van der Waals surface area (Å²) >= 11 is 3.30. The van der Waals surface area contributed by atoms with Gasteiger partial charge in [0.05, 0.1) is 4.90 Å². The highest BCUT2D eigenvalue weighted by atomic mass is 79.9. The van der Waals surface area contributed by atoms with Gasteiger partial charge in [-0.15, -0.1) is 0 Å². The van der Waals surface area contributed by atoms with Crippen molar-refractivity contribution in [2.75, 3.05) is 4.72 Å². The smallest absolute Gasteiger partial charge is 0.261 e. The quantitative estimate of drug-likeness (QED) is 0.664. The van der Waals surface area contributed by atoms with E-state index in [1.165, 1.54) is 5.56 Å². The highest BCUT2D eigenvalue weighted by molar-refractivity contribution is 9.10. The summed E-state index contributed by atoms with van der Waals surface area (Å²) in [6, 6.07) is 24.1. The van der Waals surface area contributed by atoms with Crippen molar-refractivity contribution in [2.24, 2.45) is 0 Å². The van der Waals surface area contributed by atoms with Gasteiger partial charge in [-0.25, -0.2) is 8.42 Å². The van der Waals surface area contributed by atoms with Gasteiger partial charge in [0.2, 0.25) is 0 Å². The van der Waals surface area contributed by atoms with E-state index in [0.717, 1.165) is 16.5 Å². The molecule has 0 amide bonds. The molecule has 0 unspecified atom stereocenters. The first-order chi connectivity index (χ1) is 11.5. The highest BCUT2D eigenvalue weighted by Crippen LogP contribution is 2.19. The highest BCUT2D eigenvalue weighted by Gasteiger charge is 2.13. The van der Waals surface area contributed by atoms with Crippen molar-refractivity contribution >= 4 is 31.6 Å². The Balaban J connectivity index is 1.73. The van der Waals surface area contributed by atoms with Crippen LogP contribution in [-0.2, 0) is 16.4 Å². The molecular formula is C19H16BrNO2S. The van der Waals surface area contributed by atoms with Gasteiger partial charge in [-0.2, -0.15) is 0 Å². The summed E-state index contributed by atoms with van der Waals surface area (Å²) in [5.74, 6) is 0. The van der Waals surface area contributed by atoms with E-state index in [2.05, 4.69) is 32.8 Å². The lowest BCUT2D eigenvalue weighted by atomic mass is 10.1. The molecule has 0 saturated carbocycles. The normalized spacial score (nSPS) is 11.2. The minimum Gasteiger partial charge on any atom is -0.280 e. The molecule has 0 atom stereocenters. The van der Waals surface area contributed by atoms with Gasteiger partial charge in [0, 0.05) is 10.2 Å². The number of rotatable bonds is 5. The van der Waals surface area contributed by atoms with Gasteiger partial charge in [0.25, 0.3) is 10.0 Å². The molecule has 0 saturated heterocycles. The van der Waals surface area contributed by atoms with Crippen LogP contribution in [0.3, 0.4) is 0 Å². The number of nitrogens with one attached hydrogen (secondary N) is 1. The van der Waals surface area contributed by atoms with Crippen LogP contribution in [0.25, 0.3) is 0 Å². The zero-order valence-electron chi connectivity index (χ0n) is 12.8. The molecule has 3 aromatic rings. The molecule has 0 radical (unpaired) electrons. The Morgan fingerprint density at radius 2 is 1.33 bits per heavy atom. The summed E-state index contributed by atoms with van der Waals surface area (Å²) in [5, 5.41) is 0. The maximum absolute atomic E-state index is 12.4.